The first-order chi connectivity index (χ1) is 11.5. The second kappa shape index (κ2) is 9.42. The average Bonchev–Trinajstić information content (AvgIpc) is 3.22. The summed E-state index contributed by atoms with van der Waals surface area (Å²) in [5.74, 6) is 0.279. The molecule has 9 heteroatoms. The molecule has 2 aliphatic heterocycles. The van der Waals surface area contributed by atoms with Gasteiger partial charge in [0, 0.05) is 19.6 Å². The van der Waals surface area contributed by atoms with Crippen molar-refractivity contribution in [3.63, 3.8) is 0 Å². The fraction of sp³-hybridized carbons (Fsp3) is 0.625. The van der Waals surface area contributed by atoms with Crippen molar-refractivity contribution in [1.82, 2.24) is 15.5 Å². The van der Waals surface area contributed by atoms with Gasteiger partial charge >= 0.3 is 0 Å². The molecule has 1 aromatic rings. The van der Waals surface area contributed by atoms with Gasteiger partial charge in [-0.1, -0.05) is 23.2 Å². The van der Waals surface area contributed by atoms with Gasteiger partial charge < -0.3 is 15.5 Å². The molecule has 2 fully saturated rings. The molecule has 2 atom stereocenters. The highest BCUT2D eigenvalue weighted by molar-refractivity contribution is 7.20. The number of hydrogen-bond donors (Lipinski definition) is 2. The van der Waals surface area contributed by atoms with E-state index in [9.17, 15) is 9.59 Å². The normalized spacial score (nSPS) is 23.2. The second-order valence-electron chi connectivity index (χ2n) is 6.39. The van der Waals surface area contributed by atoms with Gasteiger partial charge in [0.2, 0.25) is 5.91 Å². The van der Waals surface area contributed by atoms with E-state index < -0.39 is 0 Å². The maximum Gasteiger partial charge on any atom is 0.256 e. The lowest BCUT2D eigenvalue weighted by Crippen LogP contribution is -2.46. The summed E-state index contributed by atoms with van der Waals surface area (Å²) in [4.78, 5) is 26.5. The van der Waals surface area contributed by atoms with Crippen molar-refractivity contribution in [2.24, 2.45) is 5.92 Å². The van der Waals surface area contributed by atoms with Crippen LogP contribution in [-0.4, -0.2) is 48.9 Å². The van der Waals surface area contributed by atoms with Crippen LogP contribution in [0.4, 0.5) is 0 Å². The molecule has 25 heavy (non-hydrogen) atoms. The van der Waals surface area contributed by atoms with E-state index in [4.69, 9.17) is 23.2 Å². The minimum atomic E-state index is -0.0726. The van der Waals surface area contributed by atoms with Crippen LogP contribution in [-0.2, 0) is 4.79 Å². The standard InChI is InChI=1S/C16H21Cl2N3O2S.ClH/c17-13-7-11(14(18)24-13)16(23)21-6-2-3-10(9-21)8-20-15(22)12-4-1-5-19-12;/h7,10,12,19H,1-6,8-9H2,(H,20,22);1H. The van der Waals surface area contributed by atoms with E-state index in [1.54, 1.807) is 6.07 Å². The molecular weight excluding hydrogens is 405 g/mol. The molecule has 2 aliphatic rings. The lowest BCUT2D eigenvalue weighted by Gasteiger charge is -2.33. The average molecular weight is 427 g/mol. The van der Waals surface area contributed by atoms with Gasteiger partial charge in [-0.15, -0.1) is 23.7 Å². The van der Waals surface area contributed by atoms with Gasteiger partial charge in [-0.2, -0.15) is 0 Å². The van der Waals surface area contributed by atoms with Gasteiger partial charge in [-0.25, -0.2) is 0 Å². The molecule has 3 heterocycles. The molecule has 2 N–H and O–H groups in total. The van der Waals surface area contributed by atoms with Crippen molar-refractivity contribution in [3.05, 3.63) is 20.3 Å². The van der Waals surface area contributed by atoms with Crippen LogP contribution in [0.15, 0.2) is 6.07 Å². The minimum Gasteiger partial charge on any atom is -0.354 e. The van der Waals surface area contributed by atoms with Gasteiger partial charge in [-0.3, -0.25) is 9.59 Å². The van der Waals surface area contributed by atoms with E-state index >= 15 is 0 Å². The van der Waals surface area contributed by atoms with Gasteiger partial charge in [0.15, 0.2) is 0 Å². The van der Waals surface area contributed by atoms with Crippen LogP contribution in [0.3, 0.4) is 0 Å². The quantitative estimate of drug-likeness (QED) is 0.777. The second-order valence-corrected chi connectivity index (χ2v) is 8.68. The molecule has 0 aliphatic carbocycles. The van der Waals surface area contributed by atoms with Gasteiger partial charge in [0.25, 0.3) is 5.91 Å². The van der Waals surface area contributed by atoms with Crippen molar-refractivity contribution in [2.75, 3.05) is 26.2 Å². The van der Waals surface area contributed by atoms with E-state index in [0.29, 0.717) is 27.3 Å². The van der Waals surface area contributed by atoms with Crippen molar-refractivity contribution in [2.45, 2.75) is 31.7 Å². The number of nitrogens with zero attached hydrogens (tertiary/aromatic N) is 1. The summed E-state index contributed by atoms with van der Waals surface area (Å²) in [5.41, 5.74) is 0.478. The summed E-state index contributed by atoms with van der Waals surface area (Å²) >= 11 is 13.2. The fourth-order valence-electron chi connectivity index (χ4n) is 3.35. The van der Waals surface area contributed by atoms with Crippen molar-refractivity contribution >= 4 is 58.8 Å². The SMILES string of the molecule is Cl.O=C(NCC1CCCN(C(=O)c2cc(Cl)sc2Cl)C1)C1CCCN1. The summed E-state index contributed by atoms with van der Waals surface area (Å²) in [7, 11) is 0. The number of carbonyl (C=O) groups excluding carboxylic acids is 2. The number of nitrogens with one attached hydrogen (secondary N) is 2. The third-order valence-electron chi connectivity index (χ3n) is 4.64. The van der Waals surface area contributed by atoms with Crippen LogP contribution < -0.4 is 10.6 Å². The lowest BCUT2D eigenvalue weighted by molar-refractivity contribution is -0.123. The third kappa shape index (κ3) is 5.23. The predicted octanol–water partition coefficient (Wildman–Crippen LogP) is 3.20. The Morgan fingerprint density at radius 3 is 2.76 bits per heavy atom. The summed E-state index contributed by atoms with van der Waals surface area (Å²) in [6.07, 6.45) is 3.90. The first-order valence-corrected chi connectivity index (χ1v) is 9.87. The first-order valence-electron chi connectivity index (χ1n) is 8.30. The van der Waals surface area contributed by atoms with E-state index in [-0.39, 0.29) is 36.2 Å². The van der Waals surface area contributed by atoms with Crippen molar-refractivity contribution in [3.8, 4) is 0 Å². The molecule has 2 unspecified atom stereocenters. The van der Waals surface area contributed by atoms with Crippen molar-refractivity contribution in [1.29, 1.82) is 0 Å². The number of amides is 2. The monoisotopic (exact) mass is 425 g/mol. The number of rotatable bonds is 4. The van der Waals surface area contributed by atoms with Crippen LogP contribution in [0.25, 0.3) is 0 Å². The molecule has 0 bridgehead atoms. The summed E-state index contributed by atoms with van der Waals surface area (Å²) < 4.78 is 0.959. The Balaban J connectivity index is 0.00000225. The number of thiophene rings is 1. The maximum atomic E-state index is 12.6. The molecule has 0 spiro atoms. The molecule has 0 radical (unpaired) electrons. The number of carbonyl (C=O) groups is 2. The predicted molar refractivity (Wildman–Crippen MR) is 104 cm³/mol. The molecule has 1 aromatic heterocycles. The van der Waals surface area contributed by atoms with Gasteiger partial charge in [0.05, 0.1) is 15.9 Å². The smallest absolute Gasteiger partial charge is 0.256 e. The Morgan fingerprint density at radius 2 is 2.12 bits per heavy atom. The fourth-order valence-corrected chi connectivity index (χ4v) is 4.80. The first kappa shape index (κ1) is 20.8. The Morgan fingerprint density at radius 1 is 1.32 bits per heavy atom. The number of likely N-dealkylation sites (tertiary alicyclic amines) is 1. The van der Waals surface area contributed by atoms with Crippen LogP contribution in [0.1, 0.15) is 36.0 Å². The molecule has 0 saturated carbocycles. The highest BCUT2D eigenvalue weighted by Crippen LogP contribution is 2.32. The van der Waals surface area contributed by atoms with E-state index in [0.717, 1.165) is 38.8 Å². The molecule has 2 amide bonds. The molecule has 2 saturated heterocycles. The van der Waals surface area contributed by atoms with Crippen LogP contribution in [0.2, 0.25) is 8.67 Å². The van der Waals surface area contributed by atoms with E-state index in [1.165, 1.54) is 11.3 Å². The highest BCUT2D eigenvalue weighted by atomic mass is 35.5. The van der Waals surface area contributed by atoms with Crippen LogP contribution >= 0.6 is 46.9 Å². The largest absolute Gasteiger partial charge is 0.354 e. The number of halogens is 3. The Bertz CT molecular complexity index is 620. The Kier molecular flexibility index (Phi) is 7.83. The number of piperidine rings is 1. The zero-order chi connectivity index (χ0) is 17.1. The summed E-state index contributed by atoms with van der Waals surface area (Å²) in [6.45, 7) is 2.88. The van der Waals surface area contributed by atoms with Crippen LogP contribution in [0.5, 0.6) is 0 Å². The summed E-state index contributed by atoms with van der Waals surface area (Å²) in [6, 6.07) is 1.58. The number of hydrogen-bond acceptors (Lipinski definition) is 4. The lowest BCUT2D eigenvalue weighted by atomic mass is 9.97. The molecule has 140 valence electrons. The van der Waals surface area contributed by atoms with Gasteiger partial charge in [0.1, 0.15) is 4.34 Å². The topological polar surface area (TPSA) is 61.4 Å². The van der Waals surface area contributed by atoms with Gasteiger partial charge in [-0.05, 0) is 44.2 Å². The molecular formula is C16H22Cl3N3O2S. The minimum absolute atomic E-state index is 0. The van der Waals surface area contributed by atoms with Crippen molar-refractivity contribution < 1.29 is 9.59 Å². The Labute approximate surface area is 167 Å². The van der Waals surface area contributed by atoms with E-state index in [2.05, 4.69) is 10.6 Å². The third-order valence-corrected chi connectivity index (χ3v) is 6.12. The molecule has 0 aromatic carbocycles. The molecule has 3 rings (SSSR count). The zero-order valence-electron chi connectivity index (χ0n) is 13.7. The molecule has 5 nitrogen and oxygen atoms in total. The van der Waals surface area contributed by atoms with Crippen LogP contribution in [0, 0.1) is 5.92 Å². The summed E-state index contributed by atoms with van der Waals surface area (Å²) in [5, 5.41) is 6.22. The zero-order valence-corrected chi connectivity index (χ0v) is 16.9. The maximum absolute atomic E-state index is 12.6. The Hall–Kier alpha value is -0.530. The van der Waals surface area contributed by atoms with E-state index in [1.807, 2.05) is 4.90 Å². The highest BCUT2D eigenvalue weighted by Gasteiger charge is 2.28.